The topological polar surface area (TPSA) is 186 Å². The molecule has 10 nitrogen and oxygen atoms in total. The number of nitrogens with zero attached hydrogens (tertiary/aromatic N) is 2. The second kappa shape index (κ2) is 27.4. The van der Waals surface area contributed by atoms with Gasteiger partial charge in [0.25, 0.3) is 0 Å². The summed E-state index contributed by atoms with van der Waals surface area (Å²) in [4.78, 5) is 31.2. The largest absolute Gasteiger partial charge is 2.00 e. The van der Waals surface area contributed by atoms with Crippen molar-refractivity contribution < 1.29 is 56.7 Å². The smallest absolute Gasteiger partial charge is 0.545 e. The fourth-order valence-electron chi connectivity index (χ4n) is 5.75. The van der Waals surface area contributed by atoms with Gasteiger partial charge in [0.05, 0.1) is 34.7 Å². The van der Waals surface area contributed by atoms with Gasteiger partial charge in [0.1, 0.15) is 0 Å². The molecule has 11 heteroatoms. The van der Waals surface area contributed by atoms with Crippen molar-refractivity contribution in [2.75, 3.05) is 0 Å². The zero-order chi connectivity index (χ0) is 40.6. The third-order valence-electron chi connectivity index (χ3n) is 8.81. The van der Waals surface area contributed by atoms with Crippen LogP contribution in [0.25, 0.3) is 0 Å². The maximum Gasteiger partial charge on any atom is 2.00 e. The average Bonchev–Trinajstić information content (AvgIpc) is 3.18. The standard InChI is InChI=1S/C27H38N2.2C9H10O4.Ni/c1-3-5-7-8-9-17-23-27(29-25-20-15-11-16-21-25)26(22-12-6-4-2)28-24-18-13-10-14-19-24;2*1-2-5-3-4-6(10)8(11)7(5)9(12)13;/h10-11,13-16,18-21H,3-9,12,17,22-23H2,1-2H3;2*3-4,10-11H,2H2,1H3,(H,12,13);/q;;;+2/p-2. The molecule has 0 bridgehead atoms. The molecule has 4 N–H and O–H groups in total. The second-order valence-corrected chi connectivity index (χ2v) is 13.0. The normalized spacial score (nSPS) is 11.0. The minimum Gasteiger partial charge on any atom is -0.545 e. The number of hydrogen-bond donors (Lipinski definition) is 4. The molecule has 0 saturated carbocycles. The number of aryl methyl sites for hydroxylation is 2. The molecule has 4 rings (SSSR count). The van der Waals surface area contributed by atoms with E-state index in [9.17, 15) is 30.0 Å². The third kappa shape index (κ3) is 16.7. The number of phenols is 4. The van der Waals surface area contributed by atoms with Crippen molar-refractivity contribution in [1.29, 1.82) is 0 Å². The molecular formula is C45H56N2NiO8. The van der Waals surface area contributed by atoms with Crippen LogP contribution in [0.5, 0.6) is 23.0 Å². The number of unbranched alkanes of at least 4 members (excludes halogenated alkanes) is 7. The Balaban J connectivity index is 0.000000480. The molecule has 0 aliphatic carbocycles. The summed E-state index contributed by atoms with van der Waals surface area (Å²) in [6, 6.07) is 26.1. The number of carboxylic acid groups (broad SMARTS) is 2. The number of rotatable bonds is 18. The van der Waals surface area contributed by atoms with Gasteiger partial charge in [0.2, 0.25) is 0 Å². The van der Waals surface area contributed by atoms with E-state index in [1.54, 1.807) is 13.8 Å². The van der Waals surface area contributed by atoms with E-state index < -0.39 is 34.9 Å². The van der Waals surface area contributed by atoms with Crippen molar-refractivity contribution in [2.24, 2.45) is 9.98 Å². The van der Waals surface area contributed by atoms with Crippen LogP contribution in [0.3, 0.4) is 0 Å². The first-order valence-electron chi connectivity index (χ1n) is 19.2. The van der Waals surface area contributed by atoms with Crippen LogP contribution in [0, 0.1) is 0 Å². The Labute approximate surface area is 341 Å². The molecule has 0 spiro atoms. The maximum atomic E-state index is 10.6. The molecule has 4 aromatic rings. The number of carbonyl (C=O) groups is 2. The maximum absolute atomic E-state index is 10.6. The van der Waals surface area contributed by atoms with E-state index in [2.05, 4.69) is 62.4 Å². The van der Waals surface area contributed by atoms with Gasteiger partial charge in [0, 0.05) is 11.1 Å². The molecule has 0 saturated heterocycles. The predicted octanol–water partition coefficient (Wildman–Crippen LogP) is 8.91. The Kier molecular flexibility index (Phi) is 23.9. The fraction of sp³-hybridized carbons (Fsp3) is 0.378. The number of aromatic carboxylic acids is 2. The molecule has 0 radical (unpaired) electrons. The number of hydrogen-bond acceptors (Lipinski definition) is 10. The molecule has 0 unspecified atom stereocenters. The first-order valence-corrected chi connectivity index (χ1v) is 19.2. The summed E-state index contributed by atoms with van der Waals surface area (Å²) >= 11 is 0. The van der Waals surface area contributed by atoms with Crippen LogP contribution in [0.4, 0.5) is 11.4 Å². The molecule has 56 heavy (non-hydrogen) atoms. The molecule has 0 fully saturated rings. The van der Waals surface area contributed by atoms with Crippen LogP contribution in [-0.2, 0) is 29.3 Å². The summed E-state index contributed by atoms with van der Waals surface area (Å²) in [5, 5.41) is 57.6. The van der Waals surface area contributed by atoms with Gasteiger partial charge in [-0.2, -0.15) is 0 Å². The molecule has 0 aliphatic rings. The molecule has 0 amide bonds. The minimum atomic E-state index is -1.48. The van der Waals surface area contributed by atoms with Crippen molar-refractivity contribution in [3.05, 3.63) is 107 Å². The molecule has 0 aromatic heterocycles. The van der Waals surface area contributed by atoms with Gasteiger partial charge in [-0.1, -0.05) is 121 Å². The minimum absolute atomic E-state index is 0. The van der Waals surface area contributed by atoms with E-state index in [4.69, 9.17) is 20.2 Å². The summed E-state index contributed by atoms with van der Waals surface area (Å²) in [5.74, 6) is -5.11. The summed E-state index contributed by atoms with van der Waals surface area (Å²) in [6.07, 6.45) is 14.4. The summed E-state index contributed by atoms with van der Waals surface area (Å²) in [6.45, 7) is 8.02. The van der Waals surface area contributed by atoms with Crippen LogP contribution in [0.1, 0.15) is 130 Å². The number of aromatic hydroxyl groups is 4. The number of para-hydroxylation sites is 2. The number of aliphatic imine (C=N–C) groups is 2. The van der Waals surface area contributed by atoms with E-state index in [1.807, 2.05) is 12.1 Å². The monoisotopic (exact) mass is 810 g/mol. The molecule has 0 aliphatic heterocycles. The van der Waals surface area contributed by atoms with Gasteiger partial charge >= 0.3 is 16.5 Å². The average molecular weight is 812 g/mol. The molecular weight excluding hydrogens is 755 g/mol. The third-order valence-corrected chi connectivity index (χ3v) is 8.81. The number of benzene rings is 4. The van der Waals surface area contributed by atoms with E-state index in [0.717, 1.165) is 24.2 Å². The summed E-state index contributed by atoms with van der Waals surface area (Å²) in [7, 11) is 0. The predicted molar refractivity (Wildman–Crippen MR) is 216 cm³/mol. The Hall–Kier alpha value is -5.15. The van der Waals surface area contributed by atoms with E-state index >= 15 is 0 Å². The van der Waals surface area contributed by atoms with Gasteiger partial charge < -0.3 is 40.2 Å². The van der Waals surface area contributed by atoms with Crippen molar-refractivity contribution in [3.63, 3.8) is 0 Å². The van der Waals surface area contributed by atoms with Crippen molar-refractivity contribution in [3.8, 4) is 23.0 Å². The van der Waals surface area contributed by atoms with E-state index in [0.29, 0.717) is 24.0 Å². The molecule has 0 heterocycles. The number of carbonyl (C=O) groups excluding carboxylic acids is 2. The molecule has 0 atom stereocenters. The quantitative estimate of drug-likeness (QED) is 0.0332. The van der Waals surface area contributed by atoms with E-state index in [-0.39, 0.29) is 27.6 Å². The summed E-state index contributed by atoms with van der Waals surface area (Å²) < 4.78 is 0. The number of phenolic OH excluding ortho intramolecular Hbond substituents is 2. The first kappa shape index (κ1) is 48.9. The Morgan fingerprint density at radius 2 is 0.839 bits per heavy atom. The summed E-state index contributed by atoms with van der Waals surface area (Å²) in [5.41, 5.74) is 4.62. The Morgan fingerprint density at radius 1 is 0.500 bits per heavy atom. The first-order chi connectivity index (χ1) is 26.5. The van der Waals surface area contributed by atoms with Crippen LogP contribution in [-0.4, -0.2) is 43.8 Å². The Morgan fingerprint density at radius 3 is 1.20 bits per heavy atom. The van der Waals surface area contributed by atoms with Gasteiger partial charge in [-0.3, -0.25) is 9.98 Å². The van der Waals surface area contributed by atoms with E-state index in [1.165, 1.54) is 93.5 Å². The van der Waals surface area contributed by atoms with Crippen molar-refractivity contribution in [1.82, 2.24) is 0 Å². The van der Waals surface area contributed by atoms with Crippen molar-refractivity contribution >= 4 is 34.7 Å². The zero-order valence-corrected chi connectivity index (χ0v) is 33.9. The number of carboxylic acids is 2. The van der Waals surface area contributed by atoms with Crippen LogP contribution >= 0.6 is 0 Å². The second-order valence-electron chi connectivity index (χ2n) is 13.0. The van der Waals surface area contributed by atoms with Gasteiger partial charge in [-0.25, -0.2) is 0 Å². The van der Waals surface area contributed by atoms with Crippen LogP contribution < -0.4 is 10.2 Å². The Bertz CT molecular complexity index is 1760. The zero-order valence-electron chi connectivity index (χ0n) is 32.9. The molecule has 304 valence electrons. The molecule has 4 aromatic carbocycles. The van der Waals surface area contributed by atoms with Gasteiger partial charge in [0.15, 0.2) is 23.0 Å². The van der Waals surface area contributed by atoms with Gasteiger partial charge in [-0.15, -0.1) is 0 Å². The van der Waals surface area contributed by atoms with Crippen LogP contribution in [0.15, 0.2) is 94.9 Å². The van der Waals surface area contributed by atoms with Gasteiger partial charge in [-0.05, 0) is 86.1 Å². The van der Waals surface area contributed by atoms with Crippen LogP contribution in [0.2, 0.25) is 0 Å². The fourth-order valence-corrected chi connectivity index (χ4v) is 5.75. The SMILES string of the molecule is CCCCCCCCC(=Nc1ccccc1)C(CCCCC)=Nc1ccccc1.CCc1ccc(O)c(O)c1C(=O)[O-].CCc1ccc(O)c(O)c1C(=O)[O-].[Ni+2]. The van der Waals surface area contributed by atoms with Crippen molar-refractivity contribution in [2.45, 2.75) is 111 Å².